The maximum absolute atomic E-state index is 12.2. The van der Waals surface area contributed by atoms with Gasteiger partial charge in [0.15, 0.2) is 12.6 Å². The molecule has 0 spiro atoms. The lowest BCUT2D eigenvalue weighted by atomic mass is 10.2. The zero-order valence-corrected chi connectivity index (χ0v) is 16.2. The Hall–Kier alpha value is -2.38. The number of hydrogen-bond acceptors (Lipinski definition) is 4. The van der Waals surface area contributed by atoms with Crippen molar-refractivity contribution in [3.8, 4) is 5.75 Å². The minimum absolute atomic E-state index is 0.0451. The molecule has 2 amide bonds. The Morgan fingerprint density at radius 1 is 1.23 bits per heavy atom. The molecule has 7 heteroatoms. The first-order chi connectivity index (χ1) is 12.5. The van der Waals surface area contributed by atoms with Gasteiger partial charge in [-0.3, -0.25) is 9.59 Å². The van der Waals surface area contributed by atoms with Crippen LogP contribution in [0.25, 0.3) is 0 Å². The van der Waals surface area contributed by atoms with Gasteiger partial charge in [0.2, 0.25) is 0 Å². The SMILES string of the molecule is COc1ccc(NC(=O)C[NH+](C)[C@@H](C)C(=O)NCCc2cccs2)cc1. The van der Waals surface area contributed by atoms with Crippen molar-refractivity contribution in [2.45, 2.75) is 19.4 Å². The van der Waals surface area contributed by atoms with Gasteiger partial charge in [0, 0.05) is 17.1 Å². The number of thiophene rings is 1. The van der Waals surface area contributed by atoms with Gasteiger partial charge in [0.25, 0.3) is 11.8 Å². The van der Waals surface area contributed by atoms with E-state index >= 15 is 0 Å². The van der Waals surface area contributed by atoms with Crippen LogP contribution in [0.5, 0.6) is 5.75 Å². The second-order valence-electron chi connectivity index (χ2n) is 6.14. The summed E-state index contributed by atoms with van der Waals surface area (Å²) >= 11 is 1.68. The molecule has 1 unspecified atom stereocenters. The molecule has 0 aliphatic rings. The highest BCUT2D eigenvalue weighted by molar-refractivity contribution is 7.09. The van der Waals surface area contributed by atoms with Crippen LogP contribution in [0.3, 0.4) is 0 Å². The third kappa shape index (κ3) is 6.16. The fourth-order valence-electron chi connectivity index (χ4n) is 2.43. The van der Waals surface area contributed by atoms with Crippen LogP contribution >= 0.6 is 11.3 Å². The quantitative estimate of drug-likeness (QED) is 0.610. The molecule has 6 nitrogen and oxygen atoms in total. The fourth-order valence-corrected chi connectivity index (χ4v) is 3.14. The summed E-state index contributed by atoms with van der Waals surface area (Å²) in [6.45, 7) is 2.65. The van der Waals surface area contributed by atoms with Gasteiger partial charge in [-0.2, -0.15) is 0 Å². The molecule has 0 aliphatic carbocycles. The molecule has 0 fully saturated rings. The topological polar surface area (TPSA) is 71.9 Å². The summed E-state index contributed by atoms with van der Waals surface area (Å²) in [7, 11) is 3.44. The van der Waals surface area contributed by atoms with Crippen molar-refractivity contribution in [1.82, 2.24) is 5.32 Å². The van der Waals surface area contributed by atoms with E-state index in [0.29, 0.717) is 12.2 Å². The first-order valence-corrected chi connectivity index (χ1v) is 9.44. The smallest absolute Gasteiger partial charge is 0.279 e. The normalized spacial score (nSPS) is 12.9. The Morgan fingerprint density at radius 2 is 1.96 bits per heavy atom. The van der Waals surface area contributed by atoms with E-state index in [2.05, 4.69) is 16.7 Å². The van der Waals surface area contributed by atoms with E-state index in [-0.39, 0.29) is 24.4 Å². The van der Waals surface area contributed by atoms with Crippen LogP contribution in [0.1, 0.15) is 11.8 Å². The Bertz CT molecular complexity index is 701. The summed E-state index contributed by atoms with van der Waals surface area (Å²) in [5.41, 5.74) is 0.705. The molecule has 0 bridgehead atoms. The molecule has 1 heterocycles. The third-order valence-electron chi connectivity index (χ3n) is 4.20. The van der Waals surface area contributed by atoms with Crippen LogP contribution in [0.4, 0.5) is 5.69 Å². The summed E-state index contributed by atoms with van der Waals surface area (Å²) in [5.74, 6) is 0.556. The van der Waals surface area contributed by atoms with E-state index in [4.69, 9.17) is 4.74 Å². The van der Waals surface area contributed by atoms with Gasteiger partial charge in [-0.15, -0.1) is 11.3 Å². The molecule has 0 saturated heterocycles. The van der Waals surface area contributed by atoms with Gasteiger partial charge in [-0.05, 0) is 49.1 Å². The Labute approximate surface area is 158 Å². The number of carbonyl (C=O) groups is 2. The summed E-state index contributed by atoms with van der Waals surface area (Å²) < 4.78 is 5.09. The lowest BCUT2D eigenvalue weighted by Gasteiger charge is -2.20. The largest absolute Gasteiger partial charge is 0.497 e. The number of benzene rings is 1. The van der Waals surface area contributed by atoms with Gasteiger partial charge in [0.1, 0.15) is 5.75 Å². The number of anilines is 1. The zero-order valence-electron chi connectivity index (χ0n) is 15.4. The highest BCUT2D eigenvalue weighted by atomic mass is 32.1. The number of nitrogens with one attached hydrogen (secondary N) is 3. The number of likely N-dealkylation sites (N-methyl/N-ethyl adjacent to an activating group) is 1. The maximum atomic E-state index is 12.2. The number of amides is 2. The molecule has 0 aliphatic heterocycles. The van der Waals surface area contributed by atoms with Crippen LogP contribution in [-0.2, 0) is 16.0 Å². The third-order valence-corrected chi connectivity index (χ3v) is 5.13. The summed E-state index contributed by atoms with van der Waals surface area (Å²) in [5, 5.41) is 7.80. The van der Waals surface area contributed by atoms with E-state index in [9.17, 15) is 9.59 Å². The molecule has 3 N–H and O–H groups in total. The van der Waals surface area contributed by atoms with Crippen LogP contribution in [0.15, 0.2) is 41.8 Å². The zero-order chi connectivity index (χ0) is 18.9. The molecule has 0 radical (unpaired) electrons. The van der Waals surface area contributed by atoms with Crippen LogP contribution in [0, 0.1) is 0 Å². The number of quaternary nitrogens is 1. The summed E-state index contributed by atoms with van der Waals surface area (Å²) in [6, 6.07) is 10.9. The number of ether oxygens (including phenoxy) is 1. The van der Waals surface area contributed by atoms with Crippen molar-refractivity contribution in [2.75, 3.05) is 32.6 Å². The van der Waals surface area contributed by atoms with Crippen molar-refractivity contribution >= 4 is 28.8 Å². The standard InChI is InChI=1S/C19H25N3O3S/c1-14(19(24)20-11-10-17-5-4-12-26-17)22(2)13-18(23)21-15-6-8-16(25-3)9-7-15/h4-9,12,14H,10-11,13H2,1-3H3,(H,20,24)(H,21,23)/p+1/t14-/m0/s1. The molecular formula is C19H26N3O3S+. The Kier molecular flexibility index (Phi) is 7.62. The molecule has 2 rings (SSSR count). The molecular weight excluding hydrogens is 350 g/mol. The van der Waals surface area contributed by atoms with Crippen molar-refractivity contribution in [3.63, 3.8) is 0 Å². The molecule has 1 aromatic heterocycles. The molecule has 0 saturated carbocycles. The van der Waals surface area contributed by atoms with E-state index in [0.717, 1.165) is 17.1 Å². The fraction of sp³-hybridized carbons (Fsp3) is 0.368. The van der Waals surface area contributed by atoms with E-state index < -0.39 is 0 Å². The second kappa shape index (κ2) is 9.94. The molecule has 1 aromatic carbocycles. The minimum atomic E-state index is -0.306. The number of rotatable bonds is 9. The van der Waals surface area contributed by atoms with Crippen molar-refractivity contribution in [1.29, 1.82) is 0 Å². The number of methoxy groups -OCH3 is 1. The predicted octanol–water partition coefficient (Wildman–Crippen LogP) is 0.957. The molecule has 26 heavy (non-hydrogen) atoms. The van der Waals surface area contributed by atoms with Crippen molar-refractivity contribution < 1.29 is 19.2 Å². The average molecular weight is 377 g/mol. The Balaban J connectivity index is 1.74. The van der Waals surface area contributed by atoms with E-state index in [1.54, 1.807) is 42.7 Å². The number of hydrogen-bond donors (Lipinski definition) is 3. The van der Waals surface area contributed by atoms with Gasteiger partial charge in [-0.1, -0.05) is 6.07 Å². The van der Waals surface area contributed by atoms with Crippen molar-refractivity contribution in [2.24, 2.45) is 0 Å². The second-order valence-corrected chi connectivity index (χ2v) is 7.17. The minimum Gasteiger partial charge on any atom is -0.497 e. The maximum Gasteiger partial charge on any atom is 0.279 e. The average Bonchev–Trinajstić information content (AvgIpc) is 3.14. The van der Waals surface area contributed by atoms with Gasteiger partial charge in [-0.25, -0.2) is 0 Å². The van der Waals surface area contributed by atoms with Gasteiger partial charge >= 0.3 is 0 Å². The van der Waals surface area contributed by atoms with Crippen LogP contribution in [-0.4, -0.2) is 45.1 Å². The van der Waals surface area contributed by atoms with Crippen molar-refractivity contribution in [3.05, 3.63) is 46.7 Å². The Morgan fingerprint density at radius 3 is 2.58 bits per heavy atom. The predicted molar refractivity (Wildman–Crippen MR) is 104 cm³/mol. The number of carbonyl (C=O) groups excluding carboxylic acids is 2. The molecule has 2 aromatic rings. The van der Waals surface area contributed by atoms with Crippen LogP contribution in [0.2, 0.25) is 0 Å². The first-order valence-electron chi connectivity index (χ1n) is 8.56. The molecule has 140 valence electrons. The highest BCUT2D eigenvalue weighted by Gasteiger charge is 2.23. The monoisotopic (exact) mass is 376 g/mol. The van der Waals surface area contributed by atoms with E-state index in [1.165, 1.54) is 4.88 Å². The summed E-state index contributed by atoms with van der Waals surface area (Å²) in [6.07, 6.45) is 0.827. The first kappa shape index (κ1) is 19.9. The summed E-state index contributed by atoms with van der Waals surface area (Å²) in [4.78, 5) is 26.5. The highest BCUT2D eigenvalue weighted by Crippen LogP contribution is 2.14. The van der Waals surface area contributed by atoms with Crippen LogP contribution < -0.4 is 20.3 Å². The van der Waals surface area contributed by atoms with Gasteiger partial charge in [0.05, 0.1) is 14.2 Å². The lowest BCUT2D eigenvalue weighted by molar-refractivity contribution is -0.885. The van der Waals surface area contributed by atoms with Gasteiger partial charge < -0.3 is 20.3 Å². The van der Waals surface area contributed by atoms with E-state index in [1.807, 2.05) is 25.4 Å². The molecule has 2 atom stereocenters. The lowest BCUT2D eigenvalue weighted by Crippen LogP contribution is -3.15.